The molecule has 0 bridgehead atoms. The van der Waals surface area contributed by atoms with Crippen LogP contribution in [0.4, 0.5) is 13.2 Å². The molecule has 0 aliphatic rings. The van der Waals surface area contributed by atoms with Crippen LogP contribution in [-0.4, -0.2) is 25.8 Å². The first-order valence-electron chi connectivity index (χ1n) is 8.66. The summed E-state index contributed by atoms with van der Waals surface area (Å²) in [4.78, 5) is 12.4. The third-order valence-electron chi connectivity index (χ3n) is 4.22. The van der Waals surface area contributed by atoms with Gasteiger partial charge in [-0.25, -0.2) is 0 Å². The van der Waals surface area contributed by atoms with Crippen LogP contribution in [0.3, 0.4) is 0 Å². The van der Waals surface area contributed by atoms with E-state index in [1.807, 2.05) is 30.3 Å². The SMILES string of the molecule is COc1cc(CNC(=O)C(C)C(N)c2ccccc2)ccc1OCC(F)(F)F.Cl. The molecule has 0 radical (unpaired) electrons. The third-order valence-corrected chi connectivity index (χ3v) is 4.22. The van der Waals surface area contributed by atoms with E-state index in [1.165, 1.54) is 19.2 Å². The van der Waals surface area contributed by atoms with Gasteiger partial charge in [-0.2, -0.15) is 13.2 Å². The minimum absolute atomic E-state index is 0. The first-order chi connectivity index (χ1) is 13.2. The predicted octanol–water partition coefficient (Wildman–Crippen LogP) is 4.01. The molecule has 2 atom stereocenters. The number of nitrogens with two attached hydrogens (primary N) is 1. The molecule has 0 aromatic heterocycles. The van der Waals surface area contributed by atoms with Gasteiger partial charge in [-0.3, -0.25) is 4.79 Å². The molecule has 2 rings (SSSR count). The largest absolute Gasteiger partial charge is 0.493 e. The van der Waals surface area contributed by atoms with E-state index < -0.39 is 24.7 Å². The lowest BCUT2D eigenvalue weighted by Crippen LogP contribution is -2.35. The number of halogens is 4. The maximum absolute atomic E-state index is 12.4. The summed E-state index contributed by atoms with van der Waals surface area (Å²) >= 11 is 0. The van der Waals surface area contributed by atoms with Crippen molar-refractivity contribution in [1.82, 2.24) is 5.32 Å². The van der Waals surface area contributed by atoms with Crippen molar-refractivity contribution in [2.45, 2.75) is 25.7 Å². The van der Waals surface area contributed by atoms with Gasteiger partial charge in [-0.05, 0) is 23.3 Å². The summed E-state index contributed by atoms with van der Waals surface area (Å²) in [5.41, 5.74) is 7.67. The summed E-state index contributed by atoms with van der Waals surface area (Å²) in [6, 6.07) is 13.3. The van der Waals surface area contributed by atoms with Gasteiger partial charge in [0.1, 0.15) is 0 Å². The van der Waals surface area contributed by atoms with E-state index in [1.54, 1.807) is 13.0 Å². The number of ether oxygens (including phenoxy) is 2. The van der Waals surface area contributed by atoms with Crippen LogP contribution in [0.1, 0.15) is 24.1 Å². The lowest BCUT2D eigenvalue weighted by atomic mass is 9.94. The minimum atomic E-state index is -4.44. The Bertz CT molecular complexity index is 788. The smallest absolute Gasteiger partial charge is 0.422 e. The highest BCUT2D eigenvalue weighted by Gasteiger charge is 2.29. The quantitative estimate of drug-likeness (QED) is 0.661. The highest BCUT2D eigenvalue weighted by Crippen LogP contribution is 2.30. The number of hydrogen-bond donors (Lipinski definition) is 2. The Labute approximate surface area is 173 Å². The van der Waals surface area contributed by atoms with E-state index in [4.69, 9.17) is 15.2 Å². The predicted molar refractivity (Wildman–Crippen MR) is 106 cm³/mol. The van der Waals surface area contributed by atoms with E-state index >= 15 is 0 Å². The van der Waals surface area contributed by atoms with Gasteiger partial charge in [0.2, 0.25) is 5.91 Å². The van der Waals surface area contributed by atoms with E-state index in [0.29, 0.717) is 5.56 Å². The van der Waals surface area contributed by atoms with Crippen LogP contribution in [0.5, 0.6) is 11.5 Å². The Kier molecular flexibility index (Phi) is 9.26. The Morgan fingerprint density at radius 3 is 2.38 bits per heavy atom. The molecule has 0 spiro atoms. The Morgan fingerprint density at radius 2 is 1.79 bits per heavy atom. The van der Waals surface area contributed by atoms with Crippen molar-refractivity contribution in [1.29, 1.82) is 0 Å². The fraction of sp³-hybridized carbons (Fsp3) is 0.350. The molecule has 1 amide bonds. The number of rotatable bonds is 8. The summed E-state index contributed by atoms with van der Waals surface area (Å²) in [6.45, 7) is 0.511. The van der Waals surface area contributed by atoms with Gasteiger partial charge < -0.3 is 20.5 Å². The molecule has 2 aromatic carbocycles. The number of alkyl halides is 3. The van der Waals surface area contributed by atoms with E-state index in [9.17, 15) is 18.0 Å². The lowest BCUT2D eigenvalue weighted by molar-refractivity contribution is -0.153. The van der Waals surface area contributed by atoms with E-state index in [2.05, 4.69) is 5.32 Å². The highest BCUT2D eigenvalue weighted by molar-refractivity contribution is 5.85. The molecule has 0 saturated heterocycles. The number of carbonyl (C=O) groups excluding carboxylic acids is 1. The van der Waals surface area contributed by atoms with Crippen molar-refractivity contribution in [3.8, 4) is 11.5 Å². The number of hydrogen-bond acceptors (Lipinski definition) is 4. The molecule has 2 unspecified atom stereocenters. The minimum Gasteiger partial charge on any atom is -0.493 e. The number of amides is 1. The van der Waals surface area contributed by atoms with Crippen LogP contribution in [0.25, 0.3) is 0 Å². The first kappa shape index (κ1) is 24.6. The maximum atomic E-state index is 12.4. The fourth-order valence-corrected chi connectivity index (χ4v) is 2.58. The van der Waals surface area contributed by atoms with Gasteiger partial charge in [-0.1, -0.05) is 43.3 Å². The molecular formula is C20H24ClF3N2O3. The molecule has 0 aliphatic heterocycles. The van der Waals surface area contributed by atoms with Crippen molar-refractivity contribution < 1.29 is 27.4 Å². The van der Waals surface area contributed by atoms with Crippen LogP contribution >= 0.6 is 12.4 Å². The zero-order chi connectivity index (χ0) is 20.7. The van der Waals surface area contributed by atoms with Crippen LogP contribution < -0.4 is 20.5 Å². The Hall–Kier alpha value is -2.45. The standard InChI is InChI=1S/C20H23F3N2O3.ClH/c1-13(18(24)15-6-4-3-5-7-15)19(26)25-11-14-8-9-16(17(10-14)27-2)28-12-20(21,22)23;/h3-10,13,18H,11-12,24H2,1-2H3,(H,25,26);1H. The average Bonchev–Trinajstić information content (AvgIpc) is 2.69. The Balaban J connectivity index is 0.00000420. The topological polar surface area (TPSA) is 73.6 Å². The molecule has 5 nitrogen and oxygen atoms in total. The summed E-state index contributed by atoms with van der Waals surface area (Å²) in [5, 5.41) is 2.78. The van der Waals surface area contributed by atoms with Crippen molar-refractivity contribution in [2.24, 2.45) is 11.7 Å². The first-order valence-corrected chi connectivity index (χ1v) is 8.66. The summed E-state index contributed by atoms with van der Waals surface area (Å²) in [7, 11) is 1.33. The van der Waals surface area contributed by atoms with E-state index in [-0.39, 0.29) is 36.4 Å². The van der Waals surface area contributed by atoms with E-state index in [0.717, 1.165) is 5.56 Å². The van der Waals surface area contributed by atoms with Gasteiger partial charge in [0.25, 0.3) is 0 Å². The molecule has 3 N–H and O–H groups in total. The zero-order valence-corrected chi connectivity index (χ0v) is 16.8. The van der Waals surface area contributed by atoms with Crippen molar-refractivity contribution >= 4 is 18.3 Å². The average molecular weight is 433 g/mol. The van der Waals surface area contributed by atoms with Crippen LogP contribution in [0.15, 0.2) is 48.5 Å². The summed E-state index contributed by atoms with van der Waals surface area (Å²) in [6.07, 6.45) is -4.44. The molecule has 0 aliphatic carbocycles. The van der Waals surface area contributed by atoms with Gasteiger partial charge >= 0.3 is 6.18 Å². The molecule has 0 heterocycles. The van der Waals surface area contributed by atoms with Crippen LogP contribution in [0.2, 0.25) is 0 Å². The van der Waals surface area contributed by atoms with Crippen LogP contribution in [-0.2, 0) is 11.3 Å². The van der Waals surface area contributed by atoms with Crippen LogP contribution in [0, 0.1) is 5.92 Å². The second-order valence-electron chi connectivity index (χ2n) is 6.33. The zero-order valence-electron chi connectivity index (χ0n) is 16.0. The molecule has 29 heavy (non-hydrogen) atoms. The number of nitrogens with one attached hydrogen (secondary N) is 1. The molecule has 2 aromatic rings. The van der Waals surface area contributed by atoms with Gasteiger partial charge in [0.15, 0.2) is 18.1 Å². The summed E-state index contributed by atoms with van der Waals surface area (Å²) in [5.74, 6) is -0.550. The normalized spacial score (nSPS) is 13.0. The molecule has 9 heteroatoms. The summed E-state index contributed by atoms with van der Waals surface area (Å²) < 4.78 is 46.7. The number of carbonyl (C=O) groups is 1. The molecular weight excluding hydrogens is 409 g/mol. The number of benzene rings is 2. The second kappa shape index (κ2) is 10.9. The molecule has 0 saturated carbocycles. The Morgan fingerprint density at radius 1 is 1.14 bits per heavy atom. The monoisotopic (exact) mass is 432 g/mol. The van der Waals surface area contributed by atoms with Crippen molar-refractivity contribution in [3.63, 3.8) is 0 Å². The third kappa shape index (κ3) is 7.47. The number of methoxy groups -OCH3 is 1. The fourth-order valence-electron chi connectivity index (χ4n) is 2.58. The second-order valence-corrected chi connectivity index (χ2v) is 6.33. The van der Waals surface area contributed by atoms with Gasteiger partial charge in [0.05, 0.1) is 13.0 Å². The maximum Gasteiger partial charge on any atom is 0.422 e. The van der Waals surface area contributed by atoms with Gasteiger partial charge in [0, 0.05) is 12.6 Å². The van der Waals surface area contributed by atoms with Crippen molar-refractivity contribution in [3.05, 3.63) is 59.7 Å². The lowest BCUT2D eigenvalue weighted by Gasteiger charge is -2.20. The van der Waals surface area contributed by atoms with Gasteiger partial charge in [-0.15, -0.1) is 12.4 Å². The molecule has 160 valence electrons. The molecule has 0 fully saturated rings. The van der Waals surface area contributed by atoms with Crippen molar-refractivity contribution in [2.75, 3.05) is 13.7 Å². The highest BCUT2D eigenvalue weighted by atomic mass is 35.5.